The van der Waals surface area contributed by atoms with Crippen LogP contribution in [0.3, 0.4) is 0 Å². The van der Waals surface area contributed by atoms with Gasteiger partial charge in [0.05, 0.1) is 11.6 Å². The van der Waals surface area contributed by atoms with E-state index in [0.29, 0.717) is 24.8 Å². The van der Waals surface area contributed by atoms with Crippen LogP contribution in [-0.2, 0) is 20.8 Å². The van der Waals surface area contributed by atoms with Gasteiger partial charge in [-0.2, -0.15) is 5.26 Å². The number of carbonyl (C=O) groups excluding carboxylic acids is 1. The standard InChI is InChI=1S/C16H20N2O3S/c1-3-20-9-10-21-16(19)14(11-17)15(22-2)18-12-13-7-5-4-6-8-13/h4-8,18H,3,9-10,12H2,1-2H3/b15-14-. The minimum atomic E-state index is -0.632. The third-order valence-electron chi connectivity index (χ3n) is 2.71. The van der Waals surface area contributed by atoms with E-state index in [9.17, 15) is 10.1 Å². The highest BCUT2D eigenvalue weighted by atomic mass is 32.2. The summed E-state index contributed by atoms with van der Waals surface area (Å²) in [6.07, 6.45) is 1.80. The van der Waals surface area contributed by atoms with Gasteiger partial charge in [-0.25, -0.2) is 4.79 Å². The lowest BCUT2D eigenvalue weighted by atomic mass is 10.2. The first-order valence-corrected chi connectivity index (χ1v) is 8.16. The number of nitriles is 1. The van der Waals surface area contributed by atoms with E-state index in [-0.39, 0.29) is 12.2 Å². The molecule has 1 N–H and O–H groups in total. The second kappa shape index (κ2) is 10.7. The number of hydrogen-bond acceptors (Lipinski definition) is 6. The number of nitrogens with zero attached hydrogens (tertiary/aromatic N) is 1. The molecule has 0 radical (unpaired) electrons. The van der Waals surface area contributed by atoms with E-state index in [2.05, 4.69) is 5.32 Å². The third kappa shape index (κ3) is 6.20. The van der Waals surface area contributed by atoms with E-state index in [1.54, 1.807) is 6.26 Å². The van der Waals surface area contributed by atoms with Crippen LogP contribution in [0.1, 0.15) is 12.5 Å². The summed E-state index contributed by atoms with van der Waals surface area (Å²) in [5.74, 6) is -0.632. The average molecular weight is 320 g/mol. The lowest BCUT2D eigenvalue weighted by molar-refractivity contribution is -0.140. The Kier molecular flexibility index (Phi) is 8.80. The molecule has 1 aromatic carbocycles. The molecule has 0 aliphatic carbocycles. The molecule has 1 aromatic rings. The van der Waals surface area contributed by atoms with Gasteiger partial charge in [0.15, 0.2) is 5.57 Å². The molecule has 6 heteroatoms. The van der Waals surface area contributed by atoms with E-state index in [4.69, 9.17) is 9.47 Å². The lowest BCUT2D eigenvalue weighted by Crippen LogP contribution is -2.18. The van der Waals surface area contributed by atoms with Crippen molar-refractivity contribution in [3.05, 3.63) is 46.5 Å². The van der Waals surface area contributed by atoms with Gasteiger partial charge in [0.2, 0.25) is 0 Å². The van der Waals surface area contributed by atoms with Gasteiger partial charge in [0.25, 0.3) is 0 Å². The first-order valence-electron chi connectivity index (χ1n) is 6.94. The number of nitrogens with one attached hydrogen (secondary N) is 1. The predicted molar refractivity (Wildman–Crippen MR) is 86.9 cm³/mol. The molecular weight excluding hydrogens is 300 g/mol. The minimum Gasteiger partial charge on any atom is -0.459 e. The number of hydrogen-bond donors (Lipinski definition) is 1. The third-order valence-corrected chi connectivity index (χ3v) is 3.46. The highest BCUT2D eigenvalue weighted by Gasteiger charge is 2.16. The lowest BCUT2D eigenvalue weighted by Gasteiger charge is -2.11. The SMILES string of the molecule is CCOCCOC(=O)/C(C#N)=C(/NCc1ccccc1)SC. The quantitative estimate of drug-likeness (QED) is 0.326. The monoisotopic (exact) mass is 320 g/mol. The maximum absolute atomic E-state index is 11.9. The summed E-state index contributed by atoms with van der Waals surface area (Å²) < 4.78 is 10.1. The van der Waals surface area contributed by atoms with E-state index in [1.807, 2.05) is 43.3 Å². The Bertz CT molecular complexity index is 538. The fraction of sp³-hybridized carbons (Fsp3) is 0.375. The largest absolute Gasteiger partial charge is 0.459 e. The Morgan fingerprint density at radius 1 is 1.32 bits per heavy atom. The molecule has 0 fully saturated rings. The summed E-state index contributed by atoms with van der Waals surface area (Å²) in [6, 6.07) is 11.7. The van der Waals surface area contributed by atoms with Crippen molar-refractivity contribution in [2.24, 2.45) is 0 Å². The van der Waals surface area contributed by atoms with Gasteiger partial charge in [-0.05, 0) is 18.7 Å². The Morgan fingerprint density at radius 2 is 2.05 bits per heavy atom. The minimum absolute atomic E-state index is 0.0140. The highest BCUT2D eigenvalue weighted by Crippen LogP contribution is 2.16. The van der Waals surface area contributed by atoms with Crippen molar-refractivity contribution in [2.75, 3.05) is 26.1 Å². The molecule has 0 unspecified atom stereocenters. The number of carbonyl (C=O) groups is 1. The van der Waals surface area contributed by atoms with Gasteiger partial charge in [0, 0.05) is 13.2 Å². The van der Waals surface area contributed by atoms with Crippen LogP contribution in [0, 0.1) is 11.3 Å². The second-order valence-electron chi connectivity index (χ2n) is 4.19. The summed E-state index contributed by atoms with van der Waals surface area (Å²) in [7, 11) is 0. The van der Waals surface area contributed by atoms with Crippen molar-refractivity contribution in [2.45, 2.75) is 13.5 Å². The van der Waals surface area contributed by atoms with Gasteiger partial charge >= 0.3 is 5.97 Å². The molecule has 0 saturated heterocycles. The van der Waals surface area contributed by atoms with Crippen molar-refractivity contribution < 1.29 is 14.3 Å². The fourth-order valence-corrected chi connectivity index (χ4v) is 2.19. The zero-order valence-electron chi connectivity index (χ0n) is 12.8. The number of rotatable bonds is 9. The Labute approximate surface area is 135 Å². The average Bonchev–Trinajstić information content (AvgIpc) is 2.56. The molecule has 1 rings (SSSR count). The molecule has 0 aliphatic heterocycles. The molecule has 118 valence electrons. The van der Waals surface area contributed by atoms with Crippen LogP contribution in [0.2, 0.25) is 0 Å². The van der Waals surface area contributed by atoms with Crippen molar-refractivity contribution in [3.8, 4) is 6.07 Å². The molecule has 0 aromatic heterocycles. The van der Waals surface area contributed by atoms with Gasteiger partial charge in [-0.1, -0.05) is 30.3 Å². The van der Waals surface area contributed by atoms with Crippen LogP contribution in [0.4, 0.5) is 0 Å². The zero-order chi connectivity index (χ0) is 16.2. The predicted octanol–water partition coefficient (Wildman–Crippen LogP) is 2.45. The summed E-state index contributed by atoms with van der Waals surface area (Å²) in [5, 5.41) is 12.8. The normalized spacial score (nSPS) is 11.3. The van der Waals surface area contributed by atoms with E-state index in [1.165, 1.54) is 11.8 Å². The van der Waals surface area contributed by atoms with Crippen molar-refractivity contribution in [1.82, 2.24) is 5.32 Å². The molecule has 0 amide bonds. The molecule has 0 bridgehead atoms. The van der Waals surface area contributed by atoms with Gasteiger partial charge in [-0.15, -0.1) is 11.8 Å². The molecular formula is C16H20N2O3S. The van der Waals surface area contributed by atoms with Crippen molar-refractivity contribution in [1.29, 1.82) is 5.26 Å². The molecule has 0 heterocycles. The molecule has 0 aliphatic rings. The van der Waals surface area contributed by atoms with E-state index in [0.717, 1.165) is 5.56 Å². The molecule has 5 nitrogen and oxygen atoms in total. The van der Waals surface area contributed by atoms with Gasteiger partial charge in [0.1, 0.15) is 12.7 Å². The zero-order valence-corrected chi connectivity index (χ0v) is 13.6. The molecule has 22 heavy (non-hydrogen) atoms. The maximum Gasteiger partial charge on any atom is 0.351 e. The van der Waals surface area contributed by atoms with Crippen LogP contribution in [-0.4, -0.2) is 32.0 Å². The van der Waals surface area contributed by atoms with Crippen LogP contribution in [0.25, 0.3) is 0 Å². The first kappa shape index (κ1) is 18.1. The summed E-state index contributed by atoms with van der Waals surface area (Å²) >= 11 is 1.31. The van der Waals surface area contributed by atoms with Gasteiger partial charge < -0.3 is 14.8 Å². The summed E-state index contributed by atoms with van der Waals surface area (Å²) in [6.45, 7) is 3.43. The fourth-order valence-electron chi connectivity index (χ4n) is 1.64. The summed E-state index contributed by atoms with van der Waals surface area (Å²) in [4.78, 5) is 11.9. The smallest absolute Gasteiger partial charge is 0.351 e. The molecule has 0 atom stereocenters. The molecule has 0 spiro atoms. The Morgan fingerprint density at radius 3 is 2.64 bits per heavy atom. The van der Waals surface area contributed by atoms with Crippen LogP contribution < -0.4 is 5.32 Å². The highest BCUT2D eigenvalue weighted by molar-refractivity contribution is 8.02. The van der Waals surface area contributed by atoms with Crippen molar-refractivity contribution >= 4 is 17.7 Å². The Balaban J connectivity index is 2.66. The summed E-state index contributed by atoms with van der Waals surface area (Å²) in [5.41, 5.74) is 1.05. The second-order valence-corrected chi connectivity index (χ2v) is 5.01. The van der Waals surface area contributed by atoms with Crippen LogP contribution in [0.15, 0.2) is 40.9 Å². The number of ether oxygens (including phenoxy) is 2. The Hall–Kier alpha value is -1.97. The van der Waals surface area contributed by atoms with Crippen LogP contribution >= 0.6 is 11.8 Å². The number of benzene rings is 1. The van der Waals surface area contributed by atoms with Crippen molar-refractivity contribution in [3.63, 3.8) is 0 Å². The maximum atomic E-state index is 11.9. The van der Waals surface area contributed by atoms with Crippen LogP contribution in [0.5, 0.6) is 0 Å². The number of esters is 1. The molecule has 0 saturated carbocycles. The topological polar surface area (TPSA) is 71.3 Å². The van der Waals surface area contributed by atoms with E-state index < -0.39 is 5.97 Å². The first-order chi connectivity index (χ1) is 10.7. The number of thioether (sulfide) groups is 1. The van der Waals surface area contributed by atoms with Gasteiger partial charge in [-0.3, -0.25) is 0 Å². The van der Waals surface area contributed by atoms with E-state index >= 15 is 0 Å².